The van der Waals surface area contributed by atoms with Crippen molar-refractivity contribution < 1.29 is 8.42 Å². The van der Waals surface area contributed by atoms with Gasteiger partial charge in [-0.15, -0.1) is 0 Å². The third-order valence-corrected chi connectivity index (χ3v) is 5.18. The molecule has 1 saturated heterocycles. The zero-order valence-corrected chi connectivity index (χ0v) is 10.7. The molecule has 16 heavy (non-hydrogen) atoms. The minimum atomic E-state index is -3.05. The van der Waals surface area contributed by atoms with Crippen LogP contribution in [0.2, 0.25) is 0 Å². The van der Waals surface area contributed by atoms with Crippen molar-refractivity contribution in [3.8, 4) is 0 Å². The molecule has 1 aliphatic carbocycles. The molecule has 0 radical (unpaired) electrons. The first-order chi connectivity index (χ1) is 7.55. The molecule has 1 heterocycles. The molecule has 0 spiro atoms. The third kappa shape index (κ3) is 3.43. The monoisotopic (exact) mass is 246 g/mol. The summed E-state index contributed by atoms with van der Waals surface area (Å²) in [6.45, 7) is 4.04. The van der Waals surface area contributed by atoms with Gasteiger partial charge >= 0.3 is 0 Å². The van der Waals surface area contributed by atoms with Crippen LogP contribution in [0.4, 0.5) is 0 Å². The largest absolute Gasteiger partial charge is 0.316 e. The Labute approximate surface area is 98.2 Å². The van der Waals surface area contributed by atoms with Gasteiger partial charge in [-0.3, -0.25) is 0 Å². The van der Waals surface area contributed by atoms with Crippen LogP contribution in [0.1, 0.15) is 32.6 Å². The molecule has 5 heteroatoms. The van der Waals surface area contributed by atoms with Gasteiger partial charge in [0, 0.05) is 6.04 Å². The molecule has 0 aromatic rings. The Morgan fingerprint density at radius 1 is 1.38 bits per heavy atom. The van der Waals surface area contributed by atoms with E-state index in [4.69, 9.17) is 0 Å². The molecule has 0 bridgehead atoms. The molecule has 0 aromatic carbocycles. The number of nitrogens with one attached hydrogen (secondary N) is 2. The van der Waals surface area contributed by atoms with Crippen LogP contribution in [-0.4, -0.2) is 33.3 Å². The zero-order valence-electron chi connectivity index (χ0n) is 9.91. The smallest absolute Gasteiger partial charge is 0.212 e. The van der Waals surface area contributed by atoms with Gasteiger partial charge in [0.15, 0.2) is 0 Å². The Balaban J connectivity index is 1.78. The van der Waals surface area contributed by atoms with Gasteiger partial charge in [0.05, 0.1) is 5.75 Å². The first-order valence-electron chi connectivity index (χ1n) is 6.26. The van der Waals surface area contributed by atoms with Crippen molar-refractivity contribution in [2.24, 2.45) is 11.8 Å². The number of hydrogen-bond acceptors (Lipinski definition) is 3. The Bertz CT molecular complexity index is 317. The molecule has 1 saturated carbocycles. The van der Waals surface area contributed by atoms with Gasteiger partial charge in [-0.2, -0.15) is 0 Å². The van der Waals surface area contributed by atoms with Crippen LogP contribution in [-0.2, 0) is 10.0 Å². The van der Waals surface area contributed by atoms with Gasteiger partial charge in [-0.05, 0) is 50.6 Å². The van der Waals surface area contributed by atoms with Crippen LogP contribution < -0.4 is 10.0 Å². The lowest BCUT2D eigenvalue weighted by Gasteiger charge is -2.33. The number of piperidine rings is 1. The second kappa shape index (κ2) is 5.02. The van der Waals surface area contributed by atoms with Crippen molar-refractivity contribution in [3.63, 3.8) is 0 Å². The van der Waals surface area contributed by atoms with E-state index in [2.05, 4.69) is 17.0 Å². The van der Waals surface area contributed by atoms with Crippen LogP contribution in [0.5, 0.6) is 0 Å². The highest BCUT2D eigenvalue weighted by molar-refractivity contribution is 7.89. The maximum Gasteiger partial charge on any atom is 0.212 e. The van der Waals surface area contributed by atoms with Crippen molar-refractivity contribution in [2.45, 2.75) is 38.6 Å². The minimum absolute atomic E-state index is 0.205. The summed E-state index contributed by atoms with van der Waals surface area (Å²) in [4.78, 5) is 0. The number of sulfonamides is 1. The van der Waals surface area contributed by atoms with Gasteiger partial charge < -0.3 is 5.32 Å². The van der Waals surface area contributed by atoms with Gasteiger partial charge in [-0.1, -0.05) is 6.92 Å². The Morgan fingerprint density at radius 3 is 2.69 bits per heavy atom. The average molecular weight is 246 g/mol. The Hall–Kier alpha value is -0.130. The van der Waals surface area contributed by atoms with E-state index in [0.717, 1.165) is 38.8 Å². The summed E-state index contributed by atoms with van der Waals surface area (Å²) < 4.78 is 26.6. The first kappa shape index (κ1) is 12.3. The number of rotatable bonds is 4. The molecule has 2 fully saturated rings. The summed E-state index contributed by atoms with van der Waals surface area (Å²) in [6.07, 6.45) is 4.14. The maximum atomic E-state index is 11.9. The van der Waals surface area contributed by atoms with Crippen molar-refractivity contribution >= 4 is 10.0 Å². The predicted octanol–water partition coefficient (Wildman–Crippen LogP) is 0.704. The van der Waals surface area contributed by atoms with Gasteiger partial charge in [-0.25, -0.2) is 13.1 Å². The highest BCUT2D eigenvalue weighted by Crippen LogP contribution is 2.27. The van der Waals surface area contributed by atoms with E-state index in [1.165, 1.54) is 0 Å². The van der Waals surface area contributed by atoms with E-state index in [9.17, 15) is 8.42 Å². The fourth-order valence-electron chi connectivity index (χ4n) is 2.68. The van der Waals surface area contributed by atoms with Gasteiger partial charge in [0.25, 0.3) is 0 Å². The molecule has 2 N–H and O–H groups in total. The summed E-state index contributed by atoms with van der Waals surface area (Å²) in [5.41, 5.74) is 0. The van der Waals surface area contributed by atoms with Crippen LogP contribution in [0, 0.1) is 11.8 Å². The van der Waals surface area contributed by atoms with E-state index in [1.54, 1.807) is 0 Å². The molecule has 2 rings (SSSR count). The molecular weight excluding hydrogens is 224 g/mol. The molecule has 1 atom stereocenters. The first-order valence-corrected chi connectivity index (χ1v) is 7.91. The van der Waals surface area contributed by atoms with Crippen LogP contribution in [0.15, 0.2) is 0 Å². The van der Waals surface area contributed by atoms with E-state index < -0.39 is 10.0 Å². The van der Waals surface area contributed by atoms with Crippen molar-refractivity contribution in [1.29, 1.82) is 0 Å². The lowest BCUT2D eigenvalue weighted by Crippen LogP contribution is -2.46. The molecule has 0 aromatic heterocycles. The van der Waals surface area contributed by atoms with E-state index >= 15 is 0 Å². The second-order valence-electron chi connectivity index (χ2n) is 5.39. The average Bonchev–Trinajstić information content (AvgIpc) is 2.15. The van der Waals surface area contributed by atoms with Crippen LogP contribution in [0.25, 0.3) is 0 Å². The standard InChI is InChI=1S/C11H22N2O2S/c1-9-5-11(6-9)13-16(14,15)8-10-3-2-4-12-7-10/h9-13H,2-8H2,1H3. The van der Waals surface area contributed by atoms with Crippen molar-refractivity contribution in [1.82, 2.24) is 10.0 Å². The molecule has 4 nitrogen and oxygen atoms in total. The molecule has 94 valence electrons. The van der Waals surface area contributed by atoms with E-state index in [0.29, 0.717) is 17.6 Å². The topological polar surface area (TPSA) is 58.2 Å². The Morgan fingerprint density at radius 2 is 2.12 bits per heavy atom. The Kier molecular flexibility index (Phi) is 3.87. The summed E-state index contributed by atoms with van der Waals surface area (Å²) in [5, 5.41) is 3.25. The molecule has 2 aliphatic rings. The summed E-state index contributed by atoms with van der Waals surface area (Å²) >= 11 is 0. The molecule has 1 aliphatic heterocycles. The quantitative estimate of drug-likeness (QED) is 0.768. The molecular formula is C11H22N2O2S. The molecule has 1 unspecified atom stereocenters. The fraction of sp³-hybridized carbons (Fsp3) is 1.00. The maximum absolute atomic E-state index is 11.9. The second-order valence-corrected chi connectivity index (χ2v) is 7.18. The lowest BCUT2D eigenvalue weighted by molar-refractivity contribution is 0.269. The summed E-state index contributed by atoms with van der Waals surface area (Å²) in [6, 6.07) is 0.205. The minimum Gasteiger partial charge on any atom is -0.316 e. The zero-order chi connectivity index (χ0) is 11.6. The number of hydrogen-bond donors (Lipinski definition) is 2. The van der Waals surface area contributed by atoms with Crippen LogP contribution in [0.3, 0.4) is 0 Å². The molecule has 0 amide bonds. The lowest BCUT2D eigenvalue weighted by atomic mass is 9.83. The highest BCUT2D eigenvalue weighted by atomic mass is 32.2. The summed E-state index contributed by atoms with van der Waals surface area (Å²) in [7, 11) is -3.05. The predicted molar refractivity (Wildman–Crippen MR) is 64.7 cm³/mol. The SMILES string of the molecule is CC1CC(NS(=O)(=O)CC2CCCNC2)C1. The van der Waals surface area contributed by atoms with Gasteiger partial charge in [0.2, 0.25) is 10.0 Å². The normalized spacial score (nSPS) is 35.7. The third-order valence-electron chi connectivity index (χ3n) is 3.57. The van der Waals surface area contributed by atoms with E-state index in [1.807, 2.05) is 0 Å². The van der Waals surface area contributed by atoms with Gasteiger partial charge in [0.1, 0.15) is 0 Å². The van der Waals surface area contributed by atoms with Crippen molar-refractivity contribution in [3.05, 3.63) is 0 Å². The van der Waals surface area contributed by atoms with Crippen molar-refractivity contribution in [2.75, 3.05) is 18.8 Å². The van der Waals surface area contributed by atoms with Crippen LogP contribution >= 0.6 is 0 Å². The summed E-state index contributed by atoms with van der Waals surface area (Å²) in [5.74, 6) is 1.28. The van der Waals surface area contributed by atoms with E-state index in [-0.39, 0.29) is 6.04 Å². The fourth-order valence-corrected chi connectivity index (χ4v) is 4.38. The highest BCUT2D eigenvalue weighted by Gasteiger charge is 2.30.